The molecule has 20 heavy (non-hydrogen) atoms. The molecule has 2 N–H and O–H groups in total. The molecule has 0 radical (unpaired) electrons. The van der Waals surface area contributed by atoms with Gasteiger partial charge in [0, 0.05) is 17.3 Å². The summed E-state index contributed by atoms with van der Waals surface area (Å²) >= 11 is 1.47. The molecule has 1 atom stereocenters. The largest absolute Gasteiger partial charge is 0.480 e. The summed E-state index contributed by atoms with van der Waals surface area (Å²) in [5.74, 6) is -1.27. The maximum Gasteiger partial charge on any atom is 0.326 e. The zero-order valence-corrected chi connectivity index (χ0v) is 12.2. The predicted octanol–water partition coefficient (Wildman–Crippen LogP) is 1.62. The van der Waals surface area contributed by atoms with Crippen molar-refractivity contribution in [2.75, 3.05) is 0 Å². The molecule has 6 nitrogen and oxygen atoms in total. The number of aliphatic carboxylic acids is 1. The number of fused-ring (bicyclic) bond motifs is 1. The van der Waals surface area contributed by atoms with Gasteiger partial charge in [0.15, 0.2) is 4.96 Å². The van der Waals surface area contributed by atoms with Crippen molar-refractivity contribution in [3.8, 4) is 0 Å². The third-order valence-electron chi connectivity index (χ3n) is 2.96. The summed E-state index contributed by atoms with van der Waals surface area (Å²) in [6.07, 6.45) is 3.17. The first-order valence-corrected chi connectivity index (χ1v) is 7.33. The molecule has 0 fully saturated rings. The van der Waals surface area contributed by atoms with E-state index in [1.807, 2.05) is 29.8 Å². The molecule has 7 heteroatoms. The number of hydrogen-bond acceptors (Lipinski definition) is 4. The second-order valence-electron chi connectivity index (χ2n) is 4.69. The summed E-state index contributed by atoms with van der Waals surface area (Å²) in [6, 6.07) is -0.814. The molecule has 0 aliphatic rings. The summed E-state index contributed by atoms with van der Waals surface area (Å²) in [4.78, 5) is 28.1. The number of aryl methyl sites for hydroxylation is 1. The smallest absolute Gasteiger partial charge is 0.326 e. The van der Waals surface area contributed by atoms with Crippen molar-refractivity contribution in [1.82, 2.24) is 14.7 Å². The second-order valence-corrected chi connectivity index (χ2v) is 5.52. The molecule has 108 valence electrons. The third-order valence-corrected chi connectivity index (χ3v) is 3.84. The van der Waals surface area contributed by atoms with Crippen LogP contribution in [0.2, 0.25) is 0 Å². The van der Waals surface area contributed by atoms with Crippen molar-refractivity contribution < 1.29 is 14.7 Å². The van der Waals surface area contributed by atoms with Gasteiger partial charge < -0.3 is 10.4 Å². The Morgan fingerprint density at radius 1 is 1.55 bits per heavy atom. The van der Waals surface area contributed by atoms with E-state index in [1.165, 1.54) is 11.3 Å². The molecule has 2 aromatic heterocycles. The lowest BCUT2D eigenvalue weighted by molar-refractivity contribution is -0.141. The molecule has 0 spiro atoms. The minimum Gasteiger partial charge on any atom is -0.480 e. The lowest BCUT2D eigenvalue weighted by atomic mass is 10.1. The van der Waals surface area contributed by atoms with Crippen molar-refractivity contribution >= 4 is 28.2 Å². The fraction of sp³-hybridized carbons (Fsp3) is 0.462. The number of carbonyl (C=O) groups excluding carboxylic acids is 1. The summed E-state index contributed by atoms with van der Waals surface area (Å²) in [6.45, 7) is 3.78. The fourth-order valence-electron chi connectivity index (χ4n) is 2.02. The van der Waals surface area contributed by atoms with Crippen molar-refractivity contribution in [3.05, 3.63) is 23.0 Å². The Bertz CT molecular complexity index is 632. The van der Waals surface area contributed by atoms with E-state index >= 15 is 0 Å². The molecule has 0 unspecified atom stereocenters. The average molecular weight is 295 g/mol. The average Bonchev–Trinajstić information content (AvgIpc) is 2.89. The highest BCUT2D eigenvalue weighted by molar-refractivity contribution is 7.15. The molecule has 2 aromatic rings. The SMILES string of the molecule is CCC[C@@H](NC(=O)Cc1csc2nc(C)cn12)C(=O)O. The molecule has 0 bridgehead atoms. The van der Waals surface area contributed by atoms with Gasteiger partial charge in [-0.05, 0) is 13.3 Å². The maximum atomic E-state index is 11.9. The van der Waals surface area contributed by atoms with Crippen LogP contribution in [-0.2, 0) is 16.0 Å². The minimum absolute atomic E-state index is 0.156. The van der Waals surface area contributed by atoms with Crippen molar-refractivity contribution in [3.63, 3.8) is 0 Å². The molecule has 1 amide bonds. The van der Waals surface area contributed by atoms with Crippen LogP contribution in [-0.4, -0.2) is 32.4 Å². The highest BCUT2D eigenvalue weighted by Crippen LogP contribution is 2.16. The number of hydrogen-bond donors (Lipinski definition) is 2. The first-order valence-electron chi connectivity index (χ1n) is 6.45. The predicted molar refractivity (Wildman–Crippen MR) is 76.0 cm³/mol. The van der Waals surface area contributed by atoms with Crippen molar-refractivity contribution in [1.29, 1.82) is 0 Å². The number of rotatable bonds is 6. The topological polar surface area (TPSA) is 83.7 Å². The number of imidazole rings is 1. The number of carboxylic acids is 1. The molecule has 2 heterocycles. The van der Waals surface area contributed by atoms with Gasteiger partial charge in [-0.3, -0.25) is 9.20 Å². The minimum atomic E-state index is -0.992. The Morgan fingerprint density at radius 3 is 2.95 bits per heavy atom. The fourth-order valence-corrected chi connectivity index (χ4v) is 2.94. The van der Waals surface area contributed by atoms with E-state index < -0.39 is 12.0 Å². The van der Waals surface area contributed by atoms with Gasteiger partial charge in [0.2, 0.25) is 5.91 Å². The molecule has 0 saturated heterocycles. The van der Waals surface area contributed by atoms with E-state index in [0.29, 0.717) is 12.8 Å². The van der Waals surface area contributed by atoms with Crippen LogP contribution in [0.15, 0.2) is 11.6 Å². The molecule has 0 aliphatic heterocycles. The van der Waals surface area contributed by atoms with Gasteiger partial charge in [0.1, 0.15) is 6.04 Å². The van der Waals surface area contributed by atoms with E-state index in [9.17, 15) is 9.59 Å². The number of carboxylic acid groups (broad SMARTS) is 1. The van der Waals surface area contributed by atoms with Crippen molar-refractivity contribution in [2.45, 2.75) is 39.2 Å². The third kappa shape index (κ3) is 3.16. The van der Waals surface area contributed by atoms with Gasteiger partial charge in [-0.1, -0.05) is 13.3 Å². The molecule has 0 saturated carbocycles. The van der Waals surface area contributed by atoms with Gasteiger partial charge in [-0.15, -0.1) is 11.3 Å². The highest BCUT2D eigenvalue weighted by Gasteiger charge is 2.19. The number of nitrogens with one attached hydrogen (secondary N) is 1. The first-order chi connectivity index (χ1) is 9.51. The zero-order valence-electron chi connectivity index (χ0n) is 11.4. The van der Waals surface area contributed by atoms with E-state index in [-0.39, 0.29) is 12.3 Å². The van der Waals surface area contributed by atoms with Crippen LogP contribution in [0.5, 0.6) is 0 Å². The Labute approximate surface area is 120 Å². The van der Waals surface area contributed by atoms with Gasteiger partial charge in [-0.2, -0.15) is 0 Å². The Balaban J connectivity index is 2.05. The number of aromatic nitrogens is 2. The van der Waals surface area contributed by atoms with Crippen LogP contribution in [0.3, 0.4) is 0 Å². The summed E-state index contributed by atoms with van der Waals surface area (Å²) in [7, 11) is 0. The van der Waals surface area contributed by atoms with Crippen LogP contribution in [0, 0.1) is 6.92 Å². The number of carbonyl (C=O) groups is 2. The normalized spacial score (nSPS) is 12.5. The molecular weight excluding hydrogens is 278 g/mol. The summed E-state index contributed by atoms with van der Waals surface area (Å²) in [5.41, 5.74) is 1.72. The van der Waals surface area contributed by atoms with E-state index in [4.69, 9.17) is 5.11 Å². The van der Waals surface area contributed by atoms with E-state index in [2.05, 4.69) is 10.3 Å². The van der Waals surface area contributed by atoms with Gasteiger partial charge in [-0.25, -0.2) is 9.78 Å². The number of nitrogens with zero attached hydrogens (tertiary/aromatic N) is 2. The van der Waals surface area contributed by atoms with Crippen LogP contribution < -0.4 is 5.32 Å². The lowest BCUT2D eigenvalue weighted by Gasteiger charge is -2.13. The second kappa shape index (κ2) is 6.04. The molecule has 2 rings (SSSR count). The van der Waals surface area contributed by atoms with E-state index in [1.54, 1.807) is 0 Å². The lowest BCUT2D eigenvalue weighted by Crippen LogP contribution is -2.41. The van der Waals surface area contributed by atoms with Crippen LogP contribution in [0.1, 0.15) is 31.2 Å². The van der Waals surface area contributed by atoms with Gasteiger partial charge >= 0.3 is 5.97 Å². The Morgan fingerprint density at radius 2 is 2.30 bits per heavy atom. The van der Waals surface area contributed by atoms with Gasteiger partial charge in [0.25, 0.3) is 0 Å². The van der Waals surface area contributed by atoms with Gasteiger partial charge in [0.05, 0.1) is 12.1 Å². The first kappa shape index (κ1) is 14.5. The number of amides is 1. The molecule has 0 aliphatic carbocycles. The monoisotopic (exact) mass is 295 g/mol. The van der Waals surface area contributed by atoms with E-state index in [0.717, 1.165) is 16.3 Å². The Kier molecular flexibility index (Phi) is 4.39. The molecular formula is C13H17N3O3S. The van der Waals surface area contributed by atoms with Crippen LogP contribution >= 0.6 is 11.3 Å². The van der Waals surface area contributed by atoms with Crippen LogP contribution in [0.4, 0.5) is 0 Å². The highest BCUT2D eigenvalue weighted by atomic mass is 32.1. The standard InChI is InChI=1S/C13H17N3O3S/c1-3-4-10(12(18)19)15-11(17)5-9-7-20-13-14-8(2)6-16(9)13/h6-7,10H,3-5H2,1-2H3,(H,15,17)(H,18,19)/t10-/m1/s1. The maximum absolute atomic E-state index is 11.9. The van der Waals surface area contributed by atoms with Crippen molar-refractivity contribution in [2.24, 2.45) is 0 Å². The van der Waals surface area contributed by atoms with Crippen LogP contribution in [0.25, 0.3) is 4.96 Å². The number of thiazole rings is 1. The quantitative estimate of drug-likeness (QED) is 0.848. The summed E-state index contributed by atoms with van der Waals surface area (Å²) in [5, 5.41) is 13.5. The molecule has 0 aromatic carbocycles. The Hall–Kier alpha value is -1.89. The zero-order chi connectivity index (χ0) is 14.7. The summed E-state index contributed by atoms with van der Waals surface area (Å²) < 4.78 is 1.87.